The van der Waals surface area contributed by atoms with Crippen molar-refractivity contribution in [3.05, 3.63) is 65.5 Å². The van der Waals surface area contributed by atoms with E-state index in [0.29, 0.717) is 17.1 Å². The topological polar surface area (TPSA) is 98.5 Å². The van der Waals surface area contributed by atoms with E-state index >= 15 is 0 Å². The number of ether oxygens (including phenoxy) is 1. The number of sulfone groups is 1. The van der Waals surface area contributed by atoms with Gasteiger partial charge in [0.1, 0.15) is 5.75 Å². The summed E-state index contributed by atoms with van der Waals surface area (Å²) in [6, 6.07) is 15.8. The molecule has 0 fully saturated rings. The molecule has 2 aromatic carbocycles. The zero-order valence-electron chi connectivity index (χ0n) is 16.6. The van der Waals surface area contributed by atoms with Gasteiger partial charge in [-0.25, -0.2) is 13.4 Å². The first-order valence-electron chi connectivity index (χ1n) is 9.33. The highest BCUT2D eigenvalue weighted by Crippen LogP contribution is 2.35. The molecule has 0 aliphatic heterocycles. The Hall–Kier alpha value is -3.50. The van der Waals surface area contributed by atoms with Gasteiger partial charge in [0, 0.05) is 0 Å². The number of nitrogens with one attached hydrogen (secondary N) is 1. The van der Waals surface area contributed by atoms with Crippen LogP contribution in [0, 0.1) is 6.92 Å². The maximum absolute atomic E-state index is 13.2. The van der Waals surface area contributed by atoms with Crippen molar-refractivity contribution in [3.8, 4) is 5.75 Å². The number of hydrogen-bond acceptors (Lipinski definition) is 8. The summed E-state index contributed by atoms with van der Waals surface area (Å²) in [6.45, 7) is 1.98. The number of aryl methyl sites for hydroxylation is 1. The van der Waals surface area contributed by atoms with Crippen LogP contribution >= 0.6 is 11.3 Å². The van der Waals surface area contributed by atoms with E-state index in [0.717, 1.165) is 16.0 Å². The fourth-order valence-corrected chi connectivity index (χ4v) is 5.41. The molecule has 0 radical (unpaired) electrons. The highest BCUT2D eigenvalue weighted by molar-refractivity contribution is 7.91. The molecule has 3 heterocycles. The molecule has 5 aromatic rings. The number of rotatable bonds is 5. The first kappa shape index (κ1) is 19.5. The molecule has 10 heteroatoms. The molecule has 0 saturated carbocycles. The largest absolute Gasteiger partial charge is 0.495 e. The lowest BCUT2D eigenvalue weighted by atomic mass is 10.2. The molecule has 0 aliphatic rings. The third-order valence-electron chi connectivity index (χ3n) is 4.84. The Balaban J connectivity index is 1.73. The summed E-state index contributed by atoms with van der Waals surface area (Å²) in [5.74, 6) is 1.16. The molecule has 0 atom stereocenters. The summed E-state index contributed by atoms with van der Waals surface area (Å²) in [6.07, 6.45) is 0. The van der Waals surface area contributed by atoms with Crippen molar-refractivity contribution in [2.24, 2.45) is 0 Å². The van der Waals surface area contributed by atoms with Crippen LogP contribution in [0.2, 0.25) is 0 Å². The first-order valence-corrected chi connectivity index (χ1v) is 11.7. The molecule has 0 bridgehead atoms. The van der Waals surface area contributed by atoms with Crippen LogP contribution < -0.4 is 10.1 Å². The van der Waals surface area contributed by atoms with Gasteiger partial charge in [0.15, 0.2) is 11.5 Å². The van der Waals surface area contributed by atoms with Gasteiger partial charge in [0.25, 0.3) is 0 Å². The Bertz CT molecular complexity index is 1530. The van der Waals surface area contributed by atoms with E-state index in [1.807, 2.05) is 36.6 Å². The van der Waals surface area contributed by atoms with E-state index in [2.05, 4.69) is 20.6 Å². The SMILES string of the molecule is COc1ccc(C)cc1Nc1nc2c(S(=O)(=O)c3ccccc3)nnn2c2ccsc12. The van der Waals surface area contributed by atoms with Crippen molar-refractivity contribution < 1.29 is 13.2 Å². The molecule has 0 unspecified atom stereocenters. The van der Waals surface area contributed by atoms with Gasteiger partial charge in [-0.1, -0.05) is 29.5 Å². The van der Waals surface area contributed by atoms with Gasteiger partial charge < -0.3 is 10.1 Å². The summed E-state index contributed by atoms with van der Waals surface area (Å²) < 4.78 is 34.2. The number of methoxy groups -OCH3 is 1. The second kappa shape index (κ2) is 7.33. The predicted octanol–water partition coefficient (Wildman–Crippen LogP) is 4.23. The van der Waals surface area contributed by atoms with E-state index in [1.54, 1.807) is 25.3 Å². The molecule has 5 rings (SSSR count). The van der Waals surface area contributed by atoms with Crippen LogP contribution in [0.5, 0.6) is 5.75 Å². The smallest absolute Gasteiger partial charge is 0.229 e. The van der Waals surface area contributed by atoms with Crippen LogP contribution in [-0.2, 0) is 9.84 Å². The minimum atomic E-state index is -3.89. The molecule has 0 saturated heterocycles. The van der Waals surface area contributed by atoms with Crippen molar-refractivity contribution in [2.45, 2.75) is 16.8 Å². The summed E-state index contributed by atoms with van der Waals surface area (Å²) in [5.41, 5.74) is 2.65. The van der Waals surface area contributed by atoms with Crippen LogP contribution in [0.1, 0.15) is 5.56 Å². The number of hydrogen-bond donors (Lipinski definition) is 1. The average molecular weight is 452 g/mol. The van der Waals surface area contributed by atoms with Crippen LogP contribution in [0.25, 0.3) is 15.9 Å². The van der Waals surface area contributed by atoms with Crippen LogP contribution in [0.3, 0.4) is 0 Å². The second-order valence-electron chi connectivity index (χ2n) is 6.87. The highest BCUT2D eigenvalue weighted by atomic mass is 32.2. The molecular weight excluding hydrogens is 434 g/mol. The molecule has 156 valence electrons. The van der Waals surface area contributed by atoms with Crippen molar-refractivity contribution >= 4 is 48.5 Å². The summed E-state index contributed by atoms with van der Waals surface area (Å²) >= 11 is 1.47. The first-order chi connectivity index (χ1) is 15.0. The van der Waals surface area contributed by atoms with Crippen molar-refractivity contribution in [3.63, 3.8) is 0 Å². The quantitative estimate of drug-likeness (QED) is 0.427. The lowest BCUT2D eigenvalue weighted by molar-refractivity contribution is 0.416. The van der Waals surface area contributed by atoms with Gasteiger partial charge in [-0.15, -0.1) is 16.4 Å². The van der Waals surface area contributed by atoms with E-state index in [-0.39, 0.29) is 15.6 Å². The Morgan fingerprint density at radius 1 is 1.10 bits per heavy atom. The average Bonchev–Trinajstić information content (AvgIpc) is 3.42. The van der Waals surface area contributed by atoms with Crippen molar-refractivity contribution in [1.29, 1.82) is 0 Å². The van der Waals surface area contributed by atoms with Gasteiger partial charge >= 0.3 is 0 Å². The van der Waals surface area contributed by atoms with Gasteiger partial charge in [0.2, 0.25) is 14.9 Å². The number of aromatic nitrogens is 4. The van der Waals surface area contributed by atoms with Gasteiger partial charge in [-0.05, 0) is 48.2 Å². The maximum Gasteiger partial charge on any atom is 0.229 e. The lowest BCUT2D eigenvalue weighted by Gasteiger charge is -2.12. The zero-order chi connectivity index (χ0) is 21.6. The number of anilines is 2. The molecule has 0 amide bonds. The third-order valence-corrected chi connectivity index (χ3v) is 7.41. The Kier molecular flexibility index (Phi) is 4.60. The predicted molar refractivity (Wildman–Crippen MR) is 119 cm³/mol. The van der Waals surface area contributed by atoms with E-state index in [9.17, 15) is 8.42 Å². The van der Waals surface area contributed by atoms with E-state index < -0.39 is 9.84 Å². The second-order valence-corrected chi connectivity index (χ2v) is 9.65. The van der Waals surface area contributed by atoms with E-state index in [1.165, 1.54) is 28.0 Å². The zero-order valence-corrected chi connectivity index (χ0v) is 18.2. The molecule has 3 aromatic heterocycles. The Morgan fingerprint density at radius 2 is 1.90 bits per heavy atom. The maximum atomic E-state index is 13.2. The number of thiophene rings is 1. The summed E-state index contributed by atoms with van der Waals surface area (Å²) in [5, 5.41) is 13.1. The minimum Gasteiger partial charge on any atom is -0.495 e. The molecule has 1 N–H and O–H groups in total. The summed E-state index contributed by atoms with van der Waals surface area (Å²) in [4.78, 5) is 4.77. The van der Waals surface area contributed by atoms with Crippen LogP contribution in [0.15, 0.2) is 69.9 Å². The fourth-order valence-electron chi connectivity index (χ4n) is 3.34. The summed E-state index contributed by atoms with van der Waals surface area (Å²) in [7, 11) is -2.29. The van der Waals surface area contributed by atoms with Gasteiger partial charge in [0.05, 0.1) is 27.9 Å². The lowest BCUT2D eigenvalue weighted by Crippen LogP contribution is -2.05. The molecule has 8 nitrogen and oxygen atoms in total. The standard InChI is InChI=1S/C21H17N5O3S2/c1-13-8-9-17(29-2)15(12-13)22-19-18-16(10-11-30-18)26-20(23-19)21(24-25-26)31(27,28)14-6-4-3-5-7-14/h3-12H,1-2H3,(H,22,23). The number of fused-ring (bicyclic) bond motifs is 3. The van der Waals surface area contributed by atoms with Crippen molar-refractivity contribution in [1.82, 2.24) is 19.8 Å². The molecule has 0 spiro atoms. The van der Waals surface area contributed by atoms with E-state index in [4.69, 9.17) is 4.74 Å². The normalized spacial score (nSPS) is 11.8. The number of nitrogens with zero attached hydrogens (tertiary/aromatic N) is 4. The minimum absolute atomic E-state index is 0.138. The molecule has 31 heavy (non-hydrogen) atoms. The fraction of sp³-hybridized carbons (Fsp3) is 0.0952. The van der Waals surface area contributed by atoms with Gasteiger partial charge in [-0.3, -0.25) is 0 Å². The van der Waals surface area contributed by atoms with Crippen LogP contribution in [-0.4, -0.2) is 35.3 Å². The monoisotopic (exact) mass is 451 g/mol. The molecular formula is C21H17N5O3S2. The van der Waals surface area contributed by atoms with Crippen LogP contribution in [0.4, 0.5) is 11.5 Å². The molecule has 0 aliphatic carbocycles. The van der Waals surface area contributed by atoms with Crippen molar-refractivity contribution in [2.75, 3.05) is 12.4 Å². The number of benzene rings is 2. The Morgan fingerprint density at radius 3 is 2.68 bits per heavy atom. The third kappa shape index (κ3) is 3.20. The Labute approximate surface area is 182 Å². The highest BCUT2D eigenvalue weighted by Gasteiger charge is 2.27. The van der Waals surface area contributed by atoms with Gasteiger partial charge in [-0.2, -0.15) is 4.52 Å².